The molecule has 3 nitrogen and oxygen atoms in total. The van der Waals surface area contributed by atoms with Gasteiger partial charge in [0.2, 0.25) is 11.8 Å². The molecule has 18 heavy (non-hydrogen) atoms. The second-order valence-corrected chi connectivity index (χ2v) is 5.99. The van der Waals surface area contributed by atoms with Gasteiger partial charge in [-0.25, -0.2) is 0 Å². The minimum Gasteiger partial charge on any atom is -0.425 e. The van der Waals surface area contributed by atoms with Gasteiger partial charge in [-0.3, -0.25) is 0 Å². The predicted octanol–water partition coefficient (Wildman–Crippen LogP) is 4.68. The van der Waals surface area contributed by atoms with Crippen molar-refractivity contribution in [1.29, 1.82) is 0 Å². The Hall–Kier alpha value is -0.710. The van der Waals surface area contributed by atoms with E-state index in [1.807, 2.05) is 18.2 Å². The van der Waals surface area contributed by atoms with Crippen molar-refractivity contribution in [1.82, 2.24) is 10.2 Å². The van der Waals surface area contributed by atoms with Crippen molar-refractivity contribution in [2.45, 2.75) is 24.9 Å². The minimum atomic E-state index is 0.284. The van der Waals surface area contributed by atoms with Crippen molar-refractivity contribution >= 4 is 35.0 Å². The molecule has 0 N–H and O–H groups in total. The predicted molar refractivity (Wildman–Crippen MR) is 75.2 cm³/mol. The van der Waals surface area contributed by atoms with Gasteiger partial charge in [0, 0.05) is 12.2 Å². The molecule has 0 fully saturated rings. The van der Waals surface area contributed by atoms with Crippen molar-refractivity contribution in [3.63, 3.8) is 0 Å². The van der Waals surface area contributed by atoms with E-state index in [2.05, 4.69) is 17.1 Å². The highest BCUT2D eigenvalue weighted by molar-refractivity contribution is 7.98. The summed E-state index contributed by atoms with van der Waals surface area (Å²) in [5, 5.41) is 9.19. The maximum Gasteiger partial charge on any atom is 0.226 e. The number of aryl methyl sites for hydroxylation is 1. The lowest BCUT2D eigenvalue weighted by Gasteiger charge is -2.11. The molecule has 0 aliphatic heterocycles. The molecule has 1 aromatic heterocycles. The zero-order valence-corrected chi connectivity index (χ0v) is 12.3. The average Bonchev–Trinajstić information content (AvgIpc) is 2.75. The Balaban J connectivity index is 1.99. The minimum absolute atomic E-state index is 0.284. The largest absolute Gasteiger partial charge is 0.425 e. The van der Waals surface area contributed by atoms with E-state index in [4.69, 9.17) is 27.6 Å². The van der Waals surface area contributed by atoms with E-state index in [-0.39, 0.29) is 5.25 Å². The van der Waals surface area contributed by atoms with Crippen LogP contribution in [0.15, 0.2) is 22.6 Å². The molecule has 0 aliphatic rings. The van der Waals surface area contributed by atoms with E-state index in [1.165, 1.54) is 0 Å². The van der Waals surface area contributed by atoms with Crippen LogP contribution >= 0.6 is 35.0 Å². The Morgan fingerprint density at radius 3 is 2.67 bits per heavy atom. The van der Waals surface area contributed by atoms with Crippen LogP contribution in [0.1, 0.15) is 29.5 Å². The summed E-state index contributed by atoms with van der Waals surface area (Å²) >= 11 is 13.6. The number of hydrogen-bond donors (Lipinski definition) is 0. The number of thioether (sulfide) groups is 1. The van der Waals surface area contributed by atoms with Gasteiger partial charge in [0.15, 0.2) is 0 Å². The van der Waals surface area contributed by atoms with Crippen molar-refractivity contribution in [3.05, 3.63) is 45.6 Å². The smallest absolute Gasteiger partial charge is 0.226 e. The lowest BCUT2D eigenvalue weighted by atomic mass is 10.2. The molecule has 1 atom stereocenters. The van der Waals surface area contributed by atoms with E-state index in [0.29, 0.717) is 27.6 Å². The van der Waals surface area contributed by atoms with Gasteiger partial charge in [-0.1, -0.05) is 29.3 Å². The number of benzene rings is 1. The zero-order valence-electron chi connectivity index (χ0n) is 9.98. The third-order valence-corrected chi connectivity index (χ3v) is 4.36. The Labute approximate surface area is 120 Å². The first-order valence-corrected chi connectivity index (χ1v) is 7.22. The molecule has 0 amide bonds. The Morgan fingerprint density at radius 2 is 2.06 bits per heavy atom. The summed E-state index contributed by atoms with van der Waals surface area (Å²) in [4.78, 5) is 0. The molecule has 1 aromatic carbocycles. The molecule has 0 unspecified atom stereocenters. The Kier molecular flexibility index (Phi) is 4.54. The van der Waals surface area contributed by atoms with Crippen molar-refractivity contribution in [3.8, 4) is 0 Å². The average molecular weight is 303 g/mol. The first-order chi connectivity index (χ1) is 8.56. The standard InChI is InChI=1S/C12H12Cl2N2OS/c1-7(9-3-4-10(13)11(14)5-9)18-6-12-16-15-8(2)17-12/h3-5,7H,6H2,1-2H3/t7-/m1/s1. The molecule has 2 aromatic rings. The summed E-state index contributed by atoms with van der Waals surface area (Å²) in [7, 11) is 0. The Morgan fingerprint density at radius 1 is 1.28 bits per heavy atom. The van der Waals surface area contributed by atoms with E-state index in [0.717, 1.165) is 5.56 Å². The molecule has 0 aliphatic carbocycles. The van der Waals surface area contributed by atoms with Crippen LogP contribution in [0.2, 0.25) is 10.0 Å². The number of nitrogens with zero attached hydrogens (tertiary/aromatic N) is 2. The first-order valence-electron chi connectivity index (χ1n) is 5.42. The third-order valence-electron chi connectivity index (χ3n) is 2.44. The topological polar surface area (TPSA) is 38.9 Å². The zero-order chi connectivity index (χ0) is 13.1. The molecular weight excluding hydrogens is 291 g/mol. The van der Waals surface area contributed by atoms with Gasteiger partial charge < -0.3 is 4.42 Å². The Bertz CT molecular complexity index is 545. The fraction of sp³-hybridized carbons (Fsp3) is 0.333. The lowest BCUT2D eigenvalue weighted by Crippen LogP contribution is -1.90. The summed E-state index contributed by atoms with van der Waals surface area (Å²) in [6.45, 7) is 3.89. The van der Waals surface area contributed by atoms with Crippen LogP contribution in [0, 0.1) is 6.92 Å². The molecule has 96 valence electrons. The molecule has 0 bridgehead atoms. The number of rotatable bonds is 4. The van der Waals surface area contributed by atoms with Gasteiger partial charge in [0.25, 0.3) is 0 Å². The highest BCUT2D eigenvalue weighted by Crippen LogP contribution is 2.33. The summed E-state index contributed by atoms with van der Waals surface area (Å²) in [6.07, 6.45) is 0. The van der Waals surface area contributed by atoms with Crippen LogP contribution in [0.3, 0.4) is 0 Å². The molecule has 2 rings (SSSR count). The molecule has 0 spiro atoms. The molecule has 0 saturated carbocycles. The third kappa shape index (κ3) is 3.40. The SMILES string of the molecule is Cc1nnc(CS[C@H](C)c2ccc(Cl)c(Cl)c2)o1. The summed E-state index contributed by atoms with van der Waals surface area (Å²) in [5.41, 5.74) is 1.13. The molecule has 6 heteroatoms. The van der Waals surface area contributed by atoms with Crippen LogP contribution in [0.5, 0.6) is 0 Å². The lowest BCUT2D eigenvalue weighted by molar-refractivity contribution is 0.485. The van der Waals surface area contributed by atoms with E-state index >= 15 is 0 Å². The quantitative estimate of drug-likeness (QED) is 0.822. The van der Waals surface area contributed by atoms with Gasteiger partial charge >= 0.3 is 0 Å². The molecule has 0 saturated heterocycles. The van der Waals surface area contributed by atoms with Crippen LogP contribution < -0.4 is 0 Å². The van der Waals surface area contributed by atoms with Crippen molar-refractivity contribution in [2.75, 3.05) is 0 Å². The van der Waals surface area contributed by atoms with Crippen molar-refractivity contribution < 1.29 is 4.42 Å². The molecule has 1 heterocycles. The summed E-state index contributed by atoms with van der Waals surface area (Å²) in [5.74, 6) is 1.92. The number of hydrogen-bond acceptors (Lipinski definition) is 4. The highest BCUT2D eigenvalue weighted by atomic mass is 35.5. The van der Waals surface area contributed by atoms with Gasteiger partial charge in [-0.15, -0.1) is 22.0 Å². The van der Waals surface area contributed by atoms with Crippen molar-refractivity contribution in [2.24, 2.45) is 0 Å². The second-order valence-electron chi connectivity index (χ2n) is 3.84. The van der Waals surface area contributed by atoms with Crippen LogP contribution in [0.25, 0.3) is 0 Å². The van der Waals surface area contributed by atoms with Gasteiger partial charge in [0.05, 0.1) is 15.8 Å². The van der Waals surface area contributed by atoms with Gasteiger partial charge in [-0.2, -0.15) is 0 Å². The van der Waals surface area contributed by atoms with Gasteiger partial charge in [0.1, 0.15) is 0 Å². The maximum absolute atomic E-state index is 6.00. The maximum atomic E-state index is 6.00. The van der Waals surface area contributed by atoms with Gasteiger partial charge in [-0.05, 0) is 24.6 Å². The monoisotopic (exact) mass is 302 g/mol. The fourth-order valence-electron chi connectivity index (χ4n) is 1.45. The number of halogens is 2. The molecule has 0 radical (unpaired) electrons. The van der Waals surface area contributed by atoms with E-state index in [9.17, 15) is 0 Å². The van der Waals surface area contributed by atoms with E-state index < -0.39 is 0 Å². The van der Waals surface area contributed by atoms with E-state index in [1.54, 1.807) is 18.7 Å². The number of aromatic nitrogens is 2. The first kappa shape index (κ1) is 13.7. The van der Waals surface area contributed by atoms with Crippen LogP contribution in [-0.4, -0.2) is 10.2 Å². The highest BCUT2D eigenvalue weighted by Gasteiger charge is 2.10. The van der Waals surface area contributed by atoms with Crippen LogP contribution in [0.4, 0.5) is 0 Å². The fourth-order valence-corrected chi connectivity index (χ4v) is 2.61. The summed E-state index contributed by atoms with van der Waals surface area (Å²) in [6, 6.07) is 5.68. The summed E-state index contributed by atoms with van der Waals surface area (Å²) < 4.78 is 5.32. The normalized spacial score (nSPS) is 12.7. The molecular formula is C12H12Cl2N2OS. The van der Waals surface area contributed by atoms with Crippen LogP contribution in [-0.2, 0) is 5.75 Å². The second kappa shape index (κ2) is 5.95.